The smallest absolute Gasteiger partial charge is 0.329 e. The number of carbonyl (C=O) groups excluding carboxylic acids is 2. The fraction of sp³-hybridized carbons (Fsp3) is 0.241. The van der Waals surface area contributed by atoms with Gasteiger partial charge in [-0.3, -0.25) is 4.90 Å². The van der Waals surface area contributed by atoms with Crippen LogP contribution in [-0.2, 0) is 16.0 Å². The van der Waals surface area contributed by atoms with Crippen LogP contribution >= 0.6 is 0 Å². The molecule has 2 N–H and O–H groups in total. The molecule has 0 saturated carbocycles. The van der Waals surface area contributed by atoms with Gasteiger partial charge in [0.2, 0.25) is 0 Å². The van der Waals surface area contributed by atoms with Crippen LogP contribution in [0.1, 0.15) is 22.9 Å². The molecule has 0 spiro atoms. The molecule has 2 heterocycles. The fourth-order valence-electron chi connectivity index (χ4n) is 5.07. The maximum Gasteiger partial charge on any atom is 0.329 e. The highest BCUT2D eigenvalue weighted by Gasteiger charge is 2.44. The molecule has 0 bridgehead atoms. The van der Waals surface area contributed by atoms with Crippen LogP contribution in [-0.4, -0.2) is 56.4 Å². The Morgan fingerprint density at radius 2 is 1.61 bits per heavy atom. The number of amides is 2. The topological polar surface area (TPSA) is 102 Å². The minimum absolute atomic E-state index is 0.297. The number of nitrogens with zero attached hydrogens (tertiary/aromatic N) is 1. The van der Waals surface area contributed by atoms with Crippen LogP contribution in [0.3, 0.4) is 0 Å². The highest BCUT2D eigenvalue weighted by Crippen LogP contribution is 2.42. The molecule has 1 aliphatic rings. The summed E-state index contributed by atoms with van der Waals surface area (Å²) in [6.07, 6.45) is 0.297. The molecule has 38 heavy (non-hydrogen) atoms. The second-order valence-electron chi connectivity index (χ2n) is 8.89. The van der Waals surface area contributed by atoms with Crippen molar-refractivity contribution in [3.63, 3.8) is 0 Å². The number of para-hydroxylation sites is 1. The van der Waals surface area contributed by atoms with E-state index in [0.29, 0.717) is 29.4 Å². The molecule has 4 aromatic rings. The molecule has 3 aromatic carbocycles. The van der Waals surface area contributed by atoms with Gasteiger partial charge in [0.1, 0.15) is 29.3 Å². The van der Waals surface area contributed by atoms with Crippen LogP contribution < -0.4 is 19.5 Å². The Bertz CT molecular complexity index is 1480. The Labute approximate surface area is 220 Å². The number of rotatable bonds is 6. The Balaban J connectivity index is 1.65. The van der Waals surface area contributed by atoms with E-state index in [4.69, 9.17) is 18.9 Å². The summed E-state index contributed by atoms with van der Waals surface area (Å²) < 4.78 is 21.3. The van der Waals surface area contributed by atoms with Crippen molar-refractivity contribution in [2.75, 3.05) is 33.8 Å². The third-order valence-electron chi connectivity index (χ3n) is 6.92. The summed E-state index contributed by atoms with van der Waals surface area (Å²) >= 11 is 0. The number of ether oxygens (including phenoxy) is 4. The largest absolute Gasteiger partial charge is 0.497 e. The maximum atomic E-state index is 14.0. The molecule has 5 rings (SSSR count). The van der Waals surface area contributed by atoms with Gasteiger partial charge in [-0.05, 0) is 41.5 Å². The van der Waals surface area contributed by atoms with Gasteiger partial charge in [-0.25, -0.2) is 9.59 Å². The van der Waals surface area contributed by atoms with Crippen molar-refractivity contribution in [2.45, 2.75) is 18.5 Å². The van der Waals surface area contributed by atoms with Gasteiger partial charge in [0.25, 0.3) is 0 Å². The van der Waals surface area contributed by atoms with Gasteiger partial charge < -0.3 is 29.2 Å². The first-order chi connectivity index (χ1) is 18.5. The van der Waals surface area contributed by atoms with Crippen molar-refractivity contribution in [1.29, 1.82) is 0 Å². The number of hydrogen-bond donors (Lipinski definition) is 2. The van der Waals surface area contributed by atoms with E-state index in [2.05, 4.69) is 10.3 Å². The van der Waals surface area contributed by atoms with Gasteiger partial charge in [0.05, 0.1) is 34.1 Å². The molecule has 2 atom stereocenters. The van der Waals surface area contributed by atoms with E-state index in [-0.39, 0.29) is 0 Å². The first-order valence-corrected chi connectivity index (χ1v) is 12.1. The summed E-state index contributed by atoms with van der Waals surface area (Å²) in [5, 5.41) is 3.94. The van der Waals surface area contributed by atoms with Crippen LogP contribution in [0.2, 0.25) is 0 Å². The molecule has 2 unspecified atom stereocenters. The number of methoxy groups -OCH3 is 4. The molecule has 0 saturated heterocycles. The van der Waals surface area contributed by atoms with Crippen LogP contribution in [0.5, 0.6) is 17.2 Å². The van der Waals surface area contributed by atoms with E-state index >= 15 is 0 Å². The Kier molecular flexibility index (Phi) is 6.83. The third kappa shape index (κ3) is 4.36. The van der Waals surface area contributed by atoms with Crippen molar-refractivity contribution in [2.24, 2.45) is 0 Å². The zero-order chi connectivity index (χ0) is 26.8. The standard InChI is InChI=1S/C29H29N3O6/c1-35-18-11-9-17(10-12-18)27-26-21(20-7-5-6-8-22(20)30-26)16-24(28(33)38-4)32(27)29(34)31-23-14-13-19(36-2)15-25(23)37-3/h5-15,24,27,30H,16H2,1-4H3,(H,31,34). The number of carbonyl (C=O) groups is 2. The summed E-state index contributed by atoms with van der Waals surface area (Å²) in [7, 11) is 6.00. The minimum Gasteiger partial charge on any atom is -0.497 e. The quantitative estimate of drug-likeness (QED) is 0.354. The van der Waals surface area contributed by atoms with Crippen LogP contribution in [0.4, 0.5) is 10.5 Å². The number of esters is 1. The Hall–Kier alpha value is -4.66. The lowest BCUT2D eigenvalue weighted by atomic mass is 9.88. The lowest BCUT2D eigenvalue weighted by Crippen LogP contribution is -2.53. The van der Waals surface area contributed by atoms with E-state index in [1.54, 1.807) is 32.4 Å². The number of aromatic amines is 1. The molecular weight excluding hydrogens is 486 g/mol. The molecule has 196 valence electrons. The number of anilines is 1. The van der Waals surface area contributed by atoms with E-state index in [9.17, 15) is 9.59 Å². The van der Waals surface area contributed by atoms with Crippen molar-refractivity contribution < 1.29 is 28.5 Å². The third-order valence-corrected chi connectivity index (χ3v) is 6.92. The lowest BCUT2D eigenvalue weighted by molar-refractivity contribution is -0.146. The number of aromatic nitrogens is 1. The molecule has 9 nitrogen and oxygen atoms in total. The lowest BCUT2D eigenvalue weighted by Gasteiger charge is -2.40. The molecule has 0 aliphatic carbocycles. The average molecular weight is 516 g/mol. The van der Waals surface area contributed by atoms with E-state index in [1.165, 1.54) is 19.1 Å². The van der Waals surface area contributed by atoms with Crippen molar-refractivity contribution in [3.8, 4) is 17.2 Å². The molecule has 2 amide bonds. The van der Waals surface area contributed by atoms with Crippen molar-refractivity contribution in [1.82, 2.24) is 9.88 Å². The Morgan fingerprint density at radius 3 is 2.29 bits per heavy atom. The molecule has 0 fully saturated rings. The van der Waals surface area contributed by atoms with Crippen molar-refractivity contribution in [3.05, 3.63) is 83.6 Å². The highest BCUT2D eigenvalue weighted by molar-refractivity contribution is 5.96. The van der Waals surface area contributed by atoms with E-state index in [1.807, 2.05) is 48.5 Å². The minimum atomic E-state index is -0.872. The van der Waals surface area contributed by atoms with Crippen LogP contribution in [0.25, 0.3) is 10.9 Å². The summed E-state index contributed by atoms with van der Waals surface area (Å²) in [6.45, 7) is 0. The van der Waals surface area contributed by atoms with Crippen molar-refractivity contribution >= 4 is 28.6 Å². The zero-order valence-electron chi connectivity index (χ0n) is 21.6. The normalized spacial score (nSPS) is 16.5. The fourth-order valence-corrected chi connectivity index (χ4v) is 5.07. The molecule has 1 aromatic heterocycles. The van der Waals surface area contributed by atoms with Gasteiger partial charge in [-0.1, -0.05) is 30.3 Å². The first-order valence-electron chi connectivity index (χ1n) is 12.1. The van der Waals surface area contributed by atoms with Gasteiger partial charge in [-0.2, -0.15) is 0 Å². The summed E-state index contributed by atoms with van der Waals surface area (Å²) in [5.41, 5.74) is 4.00. The molecular formula is C29H29N3O6. The summed E-state index contributed by atoms with van der Waals surface area (Å²) in [5.74, 6) is 1.20. The molecule has 9 heteroatoms. The zero-order valence-corrected chi connectivity index (χ0v) is 21.6. The number of nitrogens with one attached hydrogen (secondary N) is 2. The SMILES string of the molecule is COC(=O)C1Cc2c([nH]c3ccccc23)C(c2ccc(OC)cc2)N1C(=O)Nc1ccc(OC)cc1OC. The average Bonchev–Trinajstić information content (AvgIpc) is 3.34. The second kappa shape index (κ2) is 10.4. The van der Waals surface area contributed by atoms with Gasteiger partial charge in [0.15, 0.2) is 0 Å². The van der Waals surface area contributed by atoms with Gasteiger partial charge >= 0.3 is 12.0 Å². The predicted molar refractivity (Wildman–Crippen MR) is 143 cm³/mol. The molecule has 0 radical (unpaired) electrons. The first kappa shape index (κ1) is 25.0. The number of urea groups is 1. The molecule has 1 aliphatic heterocycles. The summed E-state index contributed by atoms with van der Waals surface area (Å²) in [6, 6.07) is 18.5. The Morgan fingerprint density at radius 1 is 0.895 bits per heavy atom. The predicted octanol–water partition coefficient (Wildman–Crippen LogP) is 4.91. The van der Waals surface area contributed by atoms with E-state index < -0.39 is 24.1 Å². The highest BCUT2D eigenvalue weighted by atomic mass is 16.5. The second-order valence-corrected chi connectivity index (χ2v) is 8.89. The van der Waals surface area contributed by atoms with Gasteiger partial charge in [0, 0.05) is 29.1 Å². The van der Waals surface area contributed by atoms with E-state index in [0.717, 1.165) is 27.7 Å². The maximum absolute atomic E-state index is 14.0. The summed E-state index contributed by atoms with van der Waals surface area (Å²) in [4.78, 5) is 32.3. The monoisotopic (exact) mass is 515 g/mol. The van der Waals surface area contributed by atoms with Crippen LogP contribution in [0.15, 0.2) is 66.7 Å². The number of H-pyrrole nitrogens is 1. The van der Waals surface area contributed by atoms with Gasteiger partial charge in [-0.15, -0.1) is 0 Å². The number of hydrogen-bond acceptors (Lipinski definition) is 6. The number of fused-ring (bicyclic) bond motifs is 3. The van der Waals surface area contributed by atoms with Crippen LogP contribution in [0, 0.1) is 0 Å². The number of benzene rings is 3.